The number of hydrogen-bond acceptors (Lipinski definition) is 5. The molecule has 9 heteroatoms. The lowest BCUT2D eigenvalue weighted by molar-refractivity contribution is -0.159. The highest BCUT2D eigenvalue weighted by Crippen LogP contribution is 2.50. The first-order valence-corrected chi connectivity index (χ1v) is 7.73. The largest absolute Gasteiger partial charge is 0.481 e. The summed E-state index contributed by atoms with van der Waals surface area (Å²) in [6.07, 6.45) is 0. The van der Waals surface area contributed by atoms with Crippen LogP contribution in [0.2, 0.25) is 0 Å². The number of carboxylic acids is 2. The molecule has 0 radical (unpaired) electrons. The molecular weight excluding hydrogens is 320 g/mol. The predicted octanol–water partition coefficient (Wildman–Crippen LogP) is 0.407. The second-order valence-corrected chi connectivity index (χ2v) is 7.60. The van der Waals surface area contributed by atoms with Gasteiger partial charge in [-0.3, -0.25) is 9.59 Å². The first-order chi connectivity index (χ1) is 9.54. The van der Waals surface area contributed by atoms with Crippen LogP contribution in [0.25, 0.3) is 0 Å². The molecule has 1 amide bonds. The number of rotatable bonds is 3. The number of alkyl halides is 1. The third kappa shape index (κ3) is 3.44. The van der Waals surface area contributed by atoms with Crippen molar-refractivity contribution in [2.75, 3.05) is 5.88 Å². The number of halogens is 1. The monoisotopic (exact) mass is 338 g/mol. The van der Waals surface area contributed by atoms with Gasteiger partial charge in [0.25, 0.3) is 0 Å². The highest BCUT2D eigenvalue weighted by Gasteiger charge is 2.62. The van der Waals surface area contributed by atoms with E-state index in [0.29, 0.717) is 0 Å². The summed E-state index contributed by atoms with van der Waals surface area (Å²) in [7, 11) is 0. The second-order valence-electron chi connectivity index (χ2n) is 5.52. The molecule has 4 atom stereocenters. The number of nitrogens with zero attached hydrogens (tertiary/aromatic N) is 1. The van der Waals surface area contributed by atoms with Crippen molar-refractivity contribution >= 4 is 41.2 Å². The van der Waals surface area contributed by atoms with Gasteiger partial charge in [0.05, 0.1) is 5.92 Å². The number of carbonyl (C=O) groups is 3. The zero-order valence-electron chi connectivity index (χ0n) is 11.9. The van der Waals surface area contributed by atoms with Crippen molar-refractivity contribution in [3.05, 3.63) is 0 Å². The summed E-state index contributed by atoms with van der Waals surface area (Å²) in [5.74, 6) is -2.27. The van der Waals surface area contributed by atoms with Crippen LogP contribution in [0.15, 0.2) is 0 Å². The molecule has 2 aliphatic rings. The molecule has 2 rings (SSSR count). The summed E-state index contributed by atoms with van der Waals surface area (Å²) in [6, 6.07) is -1.27. The van der Waals surface area contributed by atoms with Crippen molar-refractivity contribution in [1.82, 2.24) is 4.90 Å². The molecule has 2 fully saturated rings. The molecule has 0 aromatic heterocycles. The number of carbonyl (C=O) groups excluding carboxylic acids is 1. The number of nitrogens with two attached hydrogens (primary N) is 1. The van der Waals surface area contributed by atoms with Gasteiger partial charge in [-0.1, -0.05) is 6.92 Å². The van der Waals surface area contributed by atoms with E-state index < -0.39 is 34.7 Å². The number of amides is 1. The van der Waals surface area contributed by atoms with Gasteiger partial charge in [-0.15, -0.1) is 23.4 Å². The van der Waals surface area contributed by atoms with E-state index in [2.05, 4.69) is 0 Å². The molecule has 0 saturated carbocycles. The van der Waals surface area contributed by atoms with Crippen LogP contribution in [-0.2, 0) is 14.4 Å². The Morgan fingerprint density at radius 1 is 1.48 bits per heavy atom. The van der Waals surface area contributed by atoms with Crippen LogP contribution in [0, 0.1) is 5.92 Å². The number of aliphatic carboxylic acids is 2. The molecule has 4 N–H and O–H groups in total. The van der Waals surface area contributed by atoms with Crippen LogP contribution < -0.4 is 5.73 Å². The Balaban J connectivity index is 0.000000270. The number of fused-ring (bicyclic) bond motifs is 1. The van der Waals surface area contributed by atoms with E-state index in [-0.39, 0.29) is 17.2 Å². The Bertz CT molecular complexity index is 459. The maximum atomic E-state index is 11.4. The summed E-state index contributed by atoms with van der Waals surface area (Å²) in [5.41, 5.74) is 5.59. The fourth-order valence-corrected chi connectivity index (χ4v) is 3.81. The second kappa shape index (κ2) is 6.41. The first kappa shape index (κ1) is 18.1. The van der Waals surface area contributed by atoms with Gasteiger partial charge < -0.3 is 20.8 Å². The molecule has 0 bridgehead atoms. The molecule has 2 heterocycles. The minimum atomic E-state index is -0.953. The molecular formula is C12H19ClN2O5S. The first-order valence-electron chi connectivity index (χ1n) is 6.31. The molecule has 120 valence electrons. The third-order valence-electron chi connectivity index (χ3n) is 3.37. The number of carboxylic acid groups (broad SMARTS) is 2. The van der Waals surface area contributed by atoms with Gasteiger partial charge in [-0.05, 0) is 13.8 Å². The average Bonchev–Trinajstić information content (AvgIpc) is 2.66. The van der Waals surface area contributed by atoms with Gasteiger partial charge in [0, 0.05) is 10.6 Å². The van der Waals surface area contributed by atoms with Gasteiger partial charge in [0.1, 0.15) is 17.5 Å². The van der Waals surface area contributed by atoms with Gasteiger partial charge in [-0.2, -0.15) is 0 Å². The Morgan fingerprint density at radius 3 is 2.33 bits per heavy atom. The highest BCUT2D eigenvalue weighted by atomic mass is 35.5. The van der Waals surface area contributed by atoms with Crippen molar-refractivity contribution in [1.29, 1.82) is 0 Å². The molecule has 0 aromatic carbocycles. The number of β-lactam (4-membered cyclic amide) rings is 1. The summed E-state index contributed by atoms with van der Waals surface area (Å²) in [4.78, 5) is 33.6. The lowest BCUT2D eigenvalue weighted by Gasteiger charge is -2.41. The standard InChI is InChI=1S/C8H12N2O3S.C4H7ClO2/c1-8(2)4(7(12)13)10-5(11)3(9)6(10)14-8;1-3(2-5)4(6)7/h3-4,6H,9H2,1-2H3,(H,12,13);3H,2H2,1H3,(H,6,7). The van der Waals surface area contributed by atoms with E-state index in [9.17, 15) is 14.4 Å². The Kier molecular flexibility index (Phi) is 5.51. The number of hydrogen-bond donors (Lipinski definition) is 3. The van der Waals surface area contributed by atoms with Crippen molar-refractivity contribution < 1.29 is 24.6 Å². The van der Waals surface area contributed by atoms with E-state index in [4.69, 9.17) is 27.5 Å². The van der Waals surface area contributed by atoms with Gasteiger partial charge in [-0.25, -0.2) is 4.79 Å². The summed E-state index contributed by atoms with van der Waals surface area (Å²) in [6.45, 7) is 5.22. The fraction of sp³-hybridized carbons (Fsp3) is 0.750. The quantitative estimate of drug-likeness (QED) is 0.503. The van der Waals surface area contributed by atoms with Crippen molar-refractivity contribution in [2.45, 2.75) is 43.0 Å². The molecule has 2 aliphatic heterocycles. The van der Waals surface area contributed by atoms with Crippen molar-refractivity contribution in [3.8, 4) is 0 Å². The maximum Gasteiger partial charge on any atom is 0.327 e. The molecule has 7 nitrogen and oxygen atoms in total. The lowest BCUT2D eigenvalue weighted by atomic mass is 9.96. The van der Waals surface area contributed by atoms with Gasteiger partial charge in [0.15, 0.2) is 0 Å². The van der Waals surface area contributed by atoms with E-state index in [1.807, 2.05) is 13.8 Å². The Morgan fingerprint density at radius 2 is 2.00 bits per heavy atom. The van der Waals surface area contributed by atoms with Crippen LogP contribution in [0.1, 0.15) is 20.8 Å². The van der Waals surface area contributed by atoms with Crippen LogP contribution in [0.4, 0.5) is 0 Å². The van der Waals surface area contributed by atoms with Crippen LogP contribution in [0.5, 0.6) is 0 Å². The molecule has 0 spiro atoms. The van der Waals surface area contributed by atoms with Crippen molar-refractivity contribution in [3.63, 3.8) is 0 Å². The van der Waals surface area contributed by atoms with Crippen LogP contribution in [-0.4, -0.2) is 61.0 Å². The average molecular weight is 339 g/mol. The van der Waals surface area contributed by atoms with Crippen molar-refractivity contribution in [2.24, 2.45) is 11.7 Å². The zero-order valence-corrected chi connectivity index (χ0v) is 13.5. The van der Waals surface area contributed by atoms with Crippen LogP contribution >= 0.6 is 23.4 Å². The fourth-order valence-electron chi connectivity index (χ4n) is 2.11. The topological polar surface area (TPSA) is 121 Å². The molecule has 21 heavy (non-hydrogen) atoms. The van der Waals surface area contributed by atoms with Gasteiger partial charge >= 0.3 is 11.9 Å². The Hall–Kier alpha value is -0.990. The Labute approximate surface area is 131 Å². The van der Waals surface area contributed by atoms with E-state index in [0.717, 1.165) is 0 Å². The van der Waals surface area contributed by atoms with Gasteiger partial charge in [0.2, 0.25) is 5.91 Å². The van der Waals surface area contributed by atoms with E-state index >= 15 is 0 Å². The van der Waals surface area contributed by atoms with Crippen LogP contribution in [0.3, 0.4) is 0 Å². The highest BCUT2D eigenvalue weighted by molar-refractivity contribution is 8.01. The molecule has 4 unspecified atom stereocenters. The minimum Gasteiger partial charge on any atom is -0.481 e. The minimum absolute atomic E-state index is 0.154. The third-order valence-corrected chi connectivity index (χ3v) is 5.42. The number of thioether (sulfide) groups is 1. The maximum absolute atomic E-state index is 11.4. The summed E-state index contributed by atoms with van der Waals surface area (Å²) < 4.78 is -0.458. The summed E-state index contributed by atoms with van der Waals surface area (Å²) >= 11 is 6.63. The SMILES string of the molecule is CC(CCl)C(=O)O.CC1(C)SC2C(N)C(=O)N2C1C(=O)O. The lowest BCUT2D eigenvalue weighted by Crippen LogP contribution is -2.68. The molecule has 0 aliphatic carbocycles. The zero-order chi connectivity index (χ0) is 16.5. The normalized spacial score (nSPS) is 30.6. The summed E-state index contributed by atoms with van der Waals surface area (Å²) in [5, 5.41) is 17.0. The predicted molar refractivity (Wildman–Crippen MR) is 79.2 cm³/mol. The molecule has 2 saturated heterocycles. The molecule has 0 aromatic rings. The smallest absolute Gasteiger partial charge is 0.327 e. The van der Waals surface area contributed by atoms with E-state index in [1.165, 1.54) is 16.7 Å². The van der Waals surface area contributed by atoms with E-state index in [1.54, 1.807) is 6.92 Å².